The molecule has 3 atom stereocenters. The normalized spacial score (nSPS) is 13.6. The van der Waals surface area contributed by atoms with Gasteiger partial charge in [-0.25, -0.2) is 4.98 Å². The third kappa shape index (κ3) is 18.9. The third-order valence-corrected chi connectivity index (χ3v) is 11.4. The molecular weight excluding hydrogens is 685 g/mol. The van der Waals surface area contributed by atoms with Crippen LogP contribution in [0.5, 0.6) is 0 Å². The molecular formula is C43H73IN3+. The Bertz CT molecular complexity index is 1060. The molecule has 0 saturated carbocycles. The highest BCUT2D eigenvalue weighted by Crippen LogP contribution is 2.22. The molecule has 1 heterocycles. The van der Waals surface area contributed by atoms with Crippen molar-refractivity contribution in [2.24, 2.45) is 0 Å². The topological polar surface area (TPSA) is 20.6 Å². The number of hydrogen-bond acceptors (Lipinski definition) is 2. The highest BCUT2D eigenvalue weighted by atomic mass is 127. The molecule has 0 spiro atoms. The first-order valence-electron chi connectivity index (χ1n) is 19.6. The molecule has 0 radical (unpaired) electrons. The number of halogens is 1. The number of nitrogens with zero attached hydrogens (tertiary/aromatic N) is 2. The lowest BCUT2D eigenvalue weighted by atomic mass is 9.97. The van der Waals surface area contributed by atoms with Crippen molar-refractivity contribution in [3.05, 3.63) is 54.6 Å². The van der Waals surface area contributed by atoms with Gasteiger partial charge in [-0.05, 0) is 84.9 Å². The zero-order valence-electron chi connectivity index (χ0n) is 31.5. The fraction of sp³-hybridized carbons (Fsp3) is 0.698. The van der Waals surface area contributed by atoms with E-state index in [1.165, 1.54) is 157 Å². The van der Waals surface area contributed by atoms with E-state index in [1.807, 2.05) is 12.1 Å². The smallest absolute Gasteiger partial charge is 0.211 e. The highest BCUT2D eigenvalue weighted by molar-refractivity contribution is 14.1. The van der Waals surface area contributed by atoms with Crippen LogP contribution in [0.4, 0.5) is 0 Å². The van der Waals surface area contributed by atoms with Crippen molar-refractivity contribution < 1.29 is 4.98 Å². The molecule has 0 bridgehead atoms. The fourth-order valence-corrected chi connectivity index (χ4v) is 7.82. The summed E-state index contributed by atoms with van der Waals surface area (Å²) < 4.78 is 0.882. The first-order valence-corrected chi connectivity index (χ1v) is 20.9. The van der Waals surface area contributed by atoms with E-state index in [9.17, 15) is 0 Å². The maximum Gasteiger partial charge on any atom is 0.211 e. The van der Waals surface area contributed by atoms with Gasteiger partial charge < -0.3 is 9.80 Å². The van der Waals surface area contributed by atoms with Crippen LogP contribution in [0.15, 0.2) is 54.6 Å². The standard InChI is InChI=1S/C30H63IN2.C13H9N/c1-7-9-10-11-12-13-14-15-16-17-18-19-20-21-23-28(31)24-22-25-30(33(5)6)27-26-29(8-2)32(3)4;1-3-7-12-10(5-1)9-11-6-2-4-8-13(11)14-12/h28-30H,7-27H2,1-6H3;1-9H/p+1. The van der Waals surface area contributed by atoms with Crippen molar-refractivity contribution in [2.45, 2.75) is 165 Å². The zero-order chi connectivity index (χ0) is 34.1. The van der Waals surface area contributed by atoms with E-state index < -0.39 is 0 Å². The van der Waals surface area contributed by atoms with Crippen LogP contribution < -0.4 is 4.98 Å². The molecule has 1 N–H and O–H groups in total. The Kier molecular flexibility index (Phi) is 23.7. The monoisotopic (exact) mass is 758 g/mol. The minimum Gasteiger partial charge on any atom is -0.306 e. The lowest BCUT2D eigenvalue weighted by molar-refractivity contribution is -0.310. The molecule has 4 heteroatoms. The summed E-state index contributed by atoms with van der Waals surface area (Å²) in [5, 5.41) is 2.51. The first-order chi connectivity index (χ1) is 22.8. The highest BCUT2D eigenvalue weighted by Gasteiger charge is 2.16. The number of nitrogens with one attached hydrogen (secondary N) is 1. The van der Waals surface area contributed by atoms with Gasteiger partial charge in [0.15, 0.2) is 0 Å². The van der Waals surface area contributed by atoms with Crippen LogP contribution in [0.25, 0.3) is 21.8 Å². The molecule has 47 heavy (non-hydrogen) atoms. The third-order valence-electron chi connectivity index (χ3n) is 10.2. The zero-order valence-corrected chi connectivity index (χ0v) is 33.7. The number of aromatic nitrogens is 1. The van der Waals surface area contributed by atoms with Crippen molar-refractivity contribution in [1.82, 2.24) is 9.80 Å². The van der Waals surface area contributed by atoms with Gasteiger partial charge in [-0.1, -0.05) is 157 Å². The van der Waals surface area contributed by atoms with E-state index in [2.05, 4.69) is 122 Å². The van der Waals surface area contributed by atoms with Crippen LogP contribution >= 0.6 is 22.6 Å². The lowest BCUT2D eigenvalue weighted by Crippen LogP contribution is -2.32. The van der Waals surface area contributed by atoms with Gasteiger partial charge in [-0.15, -0.1) is 0 Å². The van der Waals surface area contributed by atoms with Crippen molar-refractivity contribution >= 4 is 44.4 Å². The number of alkyl halides is 1. The van der Waals surface area contributed by atoms with Crippen molar-refractivity contribution in [2.75, 3.05) is 28.2 Å². The average Bonchev–Trinajstić information content (AvgIpc) is 3.07. The number of rotatable bonds is 25. The molecule has 3 unspecified atom stereocenters. The molecule has 0 aliphatic heterocycles. The maximum absolute atomic E-state index is 3.41. The fourth-order valence-electron chi connectivity index (χ4n) is 6.94. The number of benzene rings is 2. The minimum atomic E-state index is 0.741. The molecule has 0 aliphatic carbocycles. The van der Waals surface area contributed by atoms with Gasteiger partial charge in [-0.3, -0.25) is 0 Å². The molecule has 0 aliphatic rings. The van der Waals surface area contributed by atoms with Crippen molar-refractivity contribution in [3.8, 4) is 0 Å². The molecule has 266 valence electrons. The molecule has 3 nitrogen and oxygen atoms in total. The summed E-state index contributed by atoms with van der Waals surface area (Å²) in [6.07, 6.45) is 30.0. The Labute approximate surface area is 305 Å². The van der Waals surface area contributed by atoms with Gasteiger partial charge in [-0.2, -0.15) is 0 Å². The van der Waals surface area contributed by atoms with Crippen LogP contribution in [-0.4, -0.2) is 54.0 Å². The van der Waals surface area contributed by atoms with Crippen LogP contribution in [0.1, 0.15) is 149 Å². The number of H-pyrrole nitrogens is 1. The van der Waals surface area contributed by atoms with E-state index >= 15 is 0 Å². The summed E-state index contributed by atoms with van der Waals surface area (Å²) in [4.78, 5) is 8.29. The van der Waals surface area contributed by atoms with E-state index in [4.69, 9.17) is 0 Å². The van der Waals surface area contributed by atoms with E-state index in [0.29, 0.717) is 0 Å². The van der Waals surface area contributed by atoms with Gasteiger partial charge in [0.2, 0.25) is 11.0 Å². The predicted octanol–water partition coefficient (Wildman–Crippen LogP) is 12.7. The Morgan fingerprint density at radius 1 is 0.511 bits per heavy atom. The van der Waals surface area contributed by atoms with Crippen molar-refractivity contribution in [3.63, 3.8) is 0 Å². The van der Waals surface area contributed by atoms with E-state index in [0.717, 1.165) is 16.0 Å². The Hall–Kier alpha value is -1.24. The second-order valence-corrected chi connectivity index (χ2v) is 16.3. The summed E-state index contributed by atoms with van der Waals surface area (Å²) in [6, 6.07) is 20.4. The van der Waals surface area contributed by atoms with E-state index in [1.54, 1.807) is 0 Å². The van der Waals surface area contributed by atoms with E-state index in [-0.39, 0.29) is 0 Å². The largest absolute Gasteiger partial charge is 0.306 e. The second-order valence-electron chi connectivity index (χ2n) is 14.6. The van der Waals surface area contributed by atoms with Gasteiger partial charge in [0.1, 0.15) is 0 Å². The minimum absolute atomic E-state index is 0.741. The van der Waals surface area contributed by atoms with Crippen molar-refractivity contribution in [1.29, 1.82) is 0 Å². The molecule has 0 fully saturated rings. The molecule has 3 aromatic rings. The number of unbranched alkanes of at least 4 members (excludes halogenated alkanes) is 13. The molecule has 0 saturated heterocycles. The van der Waals surface area contributed by atoms with Gasteiger partial charge >= 0.3 is 0 Å². The quantitative estimate of drug-likeness (QED) is 0.0371. The van der Waals surface area contributed by atoms with Gasteiger partial charge in [0.05, 0.1) is 0 Å². The molecule has 0 amide bonds. The summed E-state index contributed by atoms with van der Waals surface area (Å²) >= 11 is 2.73. The van der Waals surface area contributed by atoms with Gasteiger partial charge in [0.25, 0.3) is 0 Å². The van der Waals surface area contributed by atoms with Crippen LogP contribution in [-0.2, 0) is 0 Å². The SMILES string of the molecule is CCCCCCCCCCCCCCCCC(I)CCCC(CCC(CC)N(C)C)N(C)C.c1ccc2[nH+]c3ccccc3cc2c1. The van der Waals surface area contributed by atoms with Crippen LogP contribution in [0.3, 0.4) is 0 Å². The Morgan fingerprint density at radius 3 is 1.40 bits per heavy atom. The Balaban J connectivity index is 0.000000443. The van der Waals surface area contributed by atoms with Gasteiger partial charge in [0, 0.05) is 38.9 Å². The number of hydrogen-bond donors (Lipinski definition) is 0. The predicted molar refractivity (Wildman–Crippen MR) is 219 cm³/mol. The summed E-state index contributed by atoms with van der Waals surface area (Å²) in [5.41, 5.74) is 2.37. The summed E-state index contributed by atoms with van der Waals surface area (Å²) in [6.45, 7) is 4.63. The van der Waals surface area contributed by atoms with Crippen LogP contribution in [0, 0.1) is 0 Å². The number of aromatic amines is 1. The number of para-hydroxylation sites is 2. The second kappa shape index (κ2) is 26.6. The summed E-state index contributed by atoms with van der Waals surface area (Å²) in [5.74, 6) is 0. The first kappa shape index (κ1) is 41.9. The Morgan fingerprint density at radius 2 is 0.936 bits per heavy atom. The lowest BCUT2D eigenvalue weighted by Gasteiger charge is -2.29. The summed E-state index contributed by atoms with van der Waals surface area (Å²) in [7, 11) is 9.02. The number of fused-ring (bicyclic) bond motifs is 2. The van der Waals surface area contributed by atoms with Crippen LogP contribution in [0.2, 0.25) is 0 Å². The average molecular weight is 759 g/mol. The maximum atomic E-state index is 3.41. The molecule has 3 rings (SSSR count). The molecule has 1 aromatic heterocycles. The number of pyridine rings is 1. The molecule has 2 aromatic carbocycles.